The summed E-state index contributed by atoms with van der Waals surface area (Å²) in [6.07, 6.45) is 0. The van der Waals surface area contributed by atoms with Crippen LogP contribution in [0, 0.1) is 24.1 Å². The second-order valence-electron chi connectivity index (χ2n) is 3.81. The molecule has 0 saturated carbocycles. The zero-order valence-corrected chi connectivity index (χ0v) is 10.6. The minimum Gasteiger partial charge on any atom is -0.397 e. The van der Waals surface area contributed by atoms with Gasteiger partial charge in [-0.15, -0.1) is 11.3 Å². The van der Waals surface area contributed by atoms with Crippen LogP contribution in [0.1, 0.15) is 16.0 Å². The molecule has 0 atom stereocenters. The fourth-order valence-electron chi connectivity index (χ4n) is 1.66. The molecule has 0 aliphatic carbocycles. The second kappa shape index (κ2) is 5.03. The van der Waals surface area contributed by atoms with Crippen molar-refractivity contribution < 1.29 is 4.39 Å². The van der Waals surface area contributed by atoms with Crippen LogP contribution >= 0.6 is 11.3 Å². The summed E-state index contributed by atoms with van der Waals surface area (Å²) in [5.74, 6) is -0.376. The standard InChI is InChI=1S/C14H11FN2S/c1-9-4-2-5-10(13(9)15)14(17)11(8-16)12-6-3-7-18-12/h2-7H,17H2,1H3/b14-11+. The van der Waals surface area contributed by atoms with Crippen LogP contribution in [0.5, 0.6) is 0 Å². The van der Waals surface area contributed by atoms with E-state index in [0.29, 0.717) is 11.1 Å². The third kappa shape index (κ3) is 2.13. The maximum absolute atomic E-state index is 14.0. The summed E-state index contributed by atoms with van der Waals surface area (Å²) < 4.78 is 14.0. The minimum absolute atomic E-state index is 0.182. The van der Waals surface area contributed by atoms with E-state index in [2.05, 4.69) is 0 Å². The second-order valence-corrected chi connectivity index (χ2v) is 4.76. The van der Waals surface area contributed by atoms with Crippen molar-refractivity contribution in [2.75, 3.05) is 0 Å². The van der Waals surface area contributed by atoms with Crippen molar-refractivity contribution in [3.05, 3.63) is 57.5 Å². The summed E-state index contributed by atoms with van der Waals surface area (Å²) >= 11 is 1.41. The summed E-state index contributed by atoms with van der Waals surface area (Å²) in [6.45, 7) is 1.67. The van der Waals surface area contributed by atoms with Gasteiger partial charge in [-0.3, -0.25) is 0 Å². The fraction of sp³-hybridized carbons (Fsp3) is 0.0714. The SMILES string of the molecule is Cc1cccc(/C(N)=C(/C#N)c2cccs2)c1F. The summed E-state index contributed by atoms with van der Waals surface area (Å²) in [6, 6.07) is 10.7. The van der Waals surface area contributed by atoms with E-state index in [1.807, 2.05) is 17.5 Å². The van der Waals surface area contributed by atoms with Crippen molar-refractivity contribution in [1.29, 1.82) is 5.26 Å². The van der Waals surface area contributed by atoms with E-state index in [1.165, 1.54) is 11.3 Å². The maximum atomic E-state index is 14.0. The maximum Gasteiger partial charge on any atom is 0.135 e. The molecule has 0 aliphatic rings. The van der Waals surface area contributed by atoms with Crippen molar-refractivity contribution >= 4 is 22.6 Å². The Morgan fingerprint density at radius 3 is 2.72 bits per heavy atom. The number of hydrogen-bond acceptors (Lipinski definition) is 3. The number of halogens is 1. The summed E-state index contributed by atoms with van der Waals surface area (Å²) in [5.41, 5.74) is 7.22. The molecular weight excluding hydrogens is 247 g/mol. The molecule has 0 aliphatic heterocycles. The van der Waals surface area contributed by atoms with Gasteiger partial charge in [0.15, 0.2) is 0 Å². The van der Waals surface area contributed by atoms with E-state index in [0.717, 1.165) is 4.88 Å². The van der Waals surface area contributed by atoms with Gasteiger partial charge in [0.2, 0.25) is 0 Å². The van der Waals surface area contributed by atoms with Gasteiger partial charge < -0.3 is 5.73 Å². The molecule has 0 amide bonds. The minimum atomic E-state index is -0.376. The number of nitrogens with two attached hydrogens (primary N) is 1. The Kier molecular flexibility index (Phi) is 3.45. The Balaban J connectivity index is 2.62. The van der Waals surface area contributed by atoms with Gasteiger partial charge in [0.1, 0.15) is 11.9 Å². The van der Waals surface area contributed by atoms with Gasteiger partial charge in [-0.1, -0.05) is 18.2 Å². The van der Waals surface area contributed by atoms with Gasteiger partial charge >= 0.3 is 0 Å². The Bertz CT molecular complexity index is 636. The molecule has 1 heterocycles. The molecule has 0 radical (unpaired) electrons. The Labute approximate surface area is 109 Å². The zero-order chi connectivity index (χ0) is 13.1. The van der Waals surface area contributed by atoms with Crippen LogP contribution in [0.25, 0.3) is 11.3 Å². The first-order valence-corrected chi connectivity index (χ1v) is 6.22. The predicted molar refractivity (Wildman–Crippen MR) is 72.1 cm³/mol. The molecule has 0 spiro atoms. The van der Waals surface area contributed by atoms with Crippen molar-refractivity contribution in [1.82, 2.24) is 0 Å². The molecule has 1 aromatic heterocycles. The molecule has 1 aromatic carbocycles. The van der Waals surface area contributed by atoms with Crippen LogP contribution in [0.3, 0.4) is 0 Å². The van der Waals surface area contributed by atoms with Gasteiger partial charge in [-0.05, 0) is 30.0 Å². The normalized spacial score (nSPS) is 11.8. The molecular formula is C14H11FN2S. The highest BCUT2D eigenvalue weighted by Crippen LogP contribution is 2.27. The topological polar surface area (TPSA) is 49.8 Å². The largest absolute Gasteiger partial charge is 0.397 e. The van der Waals surface area contributed by atoms with E-state index in [9.17, 15) is 9.65 Å². The monoisotopic (exact) mass is 258 g/mol. The van der Waals surface area contributed by atoms with E-state index >= 15 is 0 Å². The van der Waals surface area contributed by atoms with E-state index in [-0.39, 0.29) is 17.1 Å². The highest BCUT2D eigenvalue weighted by Gasteiger charge is 2.13. The molecule has 4 heteroatoms. The number of nitriles is 1. The van der Waals surface area contributed by atoms with E-state index < -0.39 is 0 Å². The van der Waals surface area contributed by atoms with E-state index in [4.69, 9.17) is 5.73 Å². The zero-order valence-electron chi connectivity index (χ0n) is 9.77. The molecule has 2 N–H and O–H groups in total. The van der Waals surface area contributed by atoms with Gasteiger partial charge in [-0.25, -0.2) is 4.39 Å². The number of nitrogens with zero attached hydrogens (tertiary/aromatic N) is 1. The average Bonchev–Trinajstić information content (AvgIpc) is 2.87. The molecule has 0 bridgehead atoms. The number of allylic oxidation sites excluding steroid dienone is 1. The summed E-state index contributed by atoms with van der Waals surface area (Å²) in [4.78, 5) is 0.746. The highest BCUT2D eigenvalue weighted by molar-refractivity contribution is 7.11. The van der Waals surface area contributed by atoms with Crippen molar-refractivity contribution in [2.45, 2.75) is 6.92 Å². The third-order valence-corrected chi connectivity index (χ3v) is 3.52. The van der Waals surface area contributed by atoms with Gasteiger partial charge in [0, 0.05) is 10.4 Å². The number of benzene rings is 1. The average molecular weight is 258 g/mol. The molecule has 2 aromatic rings. The fourth-order valence-corrected chi connectivity index (χ4v) is 2.39. The predicted octanol–water partition coefficient (Wildman–Crippen LogP) is 3.55. The lowest BCUT2D eigenvalue weighted by atomic mass is 10.0. The first-order valence-electron chi connectivity index (χ1n) is 5.34. The smallest absolute Gasteiger partial charge is 0.135 e. The van der Waals surface area contributed by atoms with Gasteiger partial charge in [0.05, 0.1) is 11.3 Å². The lowest BCUT2D eigenvalue weighted by molar-refractivity contribution is 0.614. The number of rotatable bonds is 2. The number of hydrogen-bond donors (Lipinski definition) is 1. The lowest BCUT2D eigenvalue weighted by Crippen LogP contribution is -2.03. The first-order chi connectivity index (χ1) is 8.65. The van der Waals surface area contributed by atoms with Gasteiger partial charge in [0.25, 0.3) is 0 Å². The van der Waals surface area contributed by atoms with Crippen molar-refractivity contribution in [3.8, 4) is 6.07 Å². The molecule has 2 nitrogen and oxygen atoms in total. The molecule has 18 heavy (non-hydrogen) atoms. The van der Waals surface area contributed by atoms with Crippen molar-refractivity contribution in [2.24, 2.45) is 5.73 Å². The van der Waals surface area contributed by atoms with Crippen LogP contribution in [0.15, 0.2) is 35.7 Å². The Morgan fingerprint density at radius 1 is 1.33 bits per heavy atom. The Hall–Kier alpha value is -2.12. The lowest BCUT2D eigenvalue weighted by Gasteiger charge is -2.07. The van der Waals surface area contributed by atoms with Crippen LogP contribution in [0.2, 0.25) is 0 Å². The third-order valence-electron chi connectivity index (χ3n) is 2.63. The molecule has 0 unspecified atom stereocenters. The number of thiophene rings is 1. The summed E-state index contributed by atoms with van der Waals surface area (Å²) in [7, 11) is 0. The first kappa shape index (κ1) is 12.3. The van der Waals surface area contributed by atoms with Crippen LogP contribution in [-0.4, -0.2) is 0 Å². The molecule has 0 fully saturated rings. The van der Waals surface area contributed by atoms with Crippen molar-refractivity contribution in [3.63, 3.8) is 0 Å². The highest BCUT2D eigenvalue weighted by atomic mass is 32.1. The summed E-state index contributed by atoms with van der Waals surface area (Å²) in [5, 5.41) is 11.0. The van der Waals surface area contributed by atoms with Crippen LogP contribution in [0.4, 0.5) is 4.39 Å². The van der Waals surface area contributed by atoms with Crippen LogP contribution in [-0.2, 0) is 0 Å². The van der Waals surface area contributed by atoms with E-state index in [1.54, 1.807) is 31.2 Å². The number of aryl methyl sites for hydroxylation is 1. The quantitative estimate of drug-likeness (QED) is 0.837. The molecule has 0 saturated heterocycles. The molecule has 90 valence electrons. The Morgan fingerprint density at radius 2 is 2.11 bits per heavy atom. The van der Waals surface area contributed by atoms with Gasteiger partial charge in [-0.2, -0.15) is 5.26 Å². The molecule has 2 rings (SSSR count). The van der Waals surface area contributed by atoms with Crippen LogP contribution < -0.4 is 5.73 Å².